The number of ether oxygens (including phenoxy) is 1. The summed E-state index contributed by atoms with van der Waals surface area (Å²) in [6.07, 6.45) is 6.48. The molecule has 0 radical (unpaired) electrons. The van der Waals surface area contributed by atoms with Crippen molar-refractivity contribution in [1.29, 1.82) is 0 Å². The molecule has 1 N–H and O–H groups in total. The second-order valence-electron chi connectivity index (χ2n) is 4.91. The molecule has 3 nitrogen and oxygen atoms in total. The molecule has 0 aliphatic heterocycles. The Morgan fingerprint density at radius 3 is 2.69 bits per heavy atom. The second kappa shape index (κ2) is 5.82. The number of rotatable bonds is 7. The number of hydrogen-bond acceptors (Lipinski definition) is 2. The Labute approximate surface area is 104 Å². The Bertz CT molecular complexity index is 239. The van der Waals surface area contributed by atoms with E-state index in [2.05, 4.69) is 10.2 Å². The first-order chi connectivity index (χ1) is 7.81. The highest BCUT2D eigenvalue weighted by Crippen LogP contribution is 2.34. The molecule has 2 rings (SSSR count). The van der Waals surface area contributed by atoms with Crippen molar-refractivity contribution >= 4 is 17.3 Å². The minimum atomic E-state index is 0.739. The van der Waals surface area contributed by atoms with Gasteiger partial charge in [0.15, 0.2) is 5.11 Å². The largest absolute Gasteiger partial charge is 0.385 e. The molecule has 0 heterocycles. The molecular formula is C12H22N2OS. The molecule has 0 unspecified atom stereocenters. The molecule has 0 aromatic carbocycles. The highest BCUT2D eigenvalue weighted by atomic mass is 32.1. The SMILES string of the molecule is COCCCNC(=S)N(CC1CC1)C1CC1. The summed E-state index contributed by atoms with van der Waals surface area (Å²) in [6, 6.07) is 0.739. The van der Waals surface area contributed by atoms with Crippen LogP contribution in [0.25, 0.3) is 0 Å². The lowest BCUT2D eigenvalue weighted by molar-refractivity contribution is 0.195. The number of nitrogens with zero attached hydrogens (tertiary/aromatic N) is 1. The molecule has 92 valence electrons. The zero-order chi connectivity index (χ0) is 11.4. The fourth-order valence-electron chi connectivity index (χ4n) is 1.88. The first kappa shape index (κ1) is 12.1. The fraction of sp³-hybridized carbons (Fsp3) is 0.917. The van der Waals surface area contributed by atoms with Crippen molar-refractivity contribution in [2.75, 3.05) is 26.8 Å². The van der Waals surface area contributed by atoms with E-state index in [0.717, 1.165) is 36.6 Å². The second-order valence-corrected chi connectivity index (χ2v) is 5.29. The predicted octanol–water partition coefficient (Wildman–Crippen LogP) is 1.77. The maximum absolute atomic E-state index is 5.46. The number of nitrogens with one attached hydrogen (secondary N) is 1. The third-order valence-electron chi connectivity index (χ3n) is 3.20. The average Bonchev–Trinajstić information content (AvgIpc) is 3.14. The van der Waals surface area contributed by atoms with Crippen LogP contribution in [0.3, 0.4) is 0 Å². The summed E-state index contributed by atoms with van der Waals surface area (Å²) in [5, 5.41) is 4.31. The zero-order valence-electron chi connectivity index (χ0n) is 10.1. The smallest absolute Gasteiger partial charge is 0.169 e. The molecule has 0 saturated heterocycles. The van der Waals surface area contributed by atoms with Crippen molar-refractivity contribution in [3.63, 3.8) is 0 Å². The summed E-state index contributed by atoms with van der Waals surface area (Å²) in [5.74, 6) is 0.916. The van der Waals surface area contributed by atoms with Crippen LogP contribution >= 0.6 is 12.2 Å². The summed E-state index contributed by atoms with van der Waals surface area (Å²) in [7, 11) is 1.74. The van der Waals surface area contributed by atoms with Gasteiger partial charge >= 0.3 is 0 Å². The predicted molar refractivity (Wildman–Crippen MR) is 69.5 cm³/mol. The van der Waals surface area contributed by atoms with Crippen LogP contribution in [0.1, 0.15) is 32.1 Å². The van der Waals surface area contributed by atoms with Gasteiger partial charge in [-0.1, -0.05) is 0 Å². The molecule has 16 heavy (non-hydrogen) atoms. The normalized spacial score (nSPS) is 19.6. The van der Waals surface area contributed by atoms with Gasteiger partial charge in [-0.05, 0) is 50.2 Å². The first-order valence-corrected chi connectivity index (χ1v) is 6.75. The summed E-state index contributed by atoms with van der Waals surface area (Å²) in [4.78, 5) is 2.42. The van der Waals surface area contributed by atoms with Crippen molar-refractivity contribution in [2.45, 2.75) is 38.1 Å². The lowest BCUT2D eigenvalue weighted by Gasteiger charge is -2.25. The Morgan fingerprint density at radius 1 is 1.38 bits per heavy atom. The van der Waals surface area contributed by atoms with Gasteiger partial charge in [0.2, 0.25) is 0 Å². The Balaban J connectivity index is 1.67. The van der Waals surface area contributed by atoms with Gasteiger partial charge in [0.25, 0.3) is 0 Å². The number of hydrogen-bond donors (Lipinski definition) is 1. The molecule has 2 aliphatic carbocycles. The van der Waals surface area contributed by atoms with Gasteiger partial charge in [-0.2, -0.15) is 0 Å². The van der Waals surface area contributed by atoms with E-state index in [0.29, 0.717) is 0 Å². The first-order valence-electron chi connectivity index (χ1n) is 6.34. The van der Waals surface area contributed by atoms with Crippen LogP contribution in [-0.2, 0) is 4.74 Å². The Morgan fingerprint density at radius 2 is 2.12 bits per heavy atom. The van der Waals surface area contributed by atoms with Gasteiger partial charge in [0.05, 0.1) is 0 Å². The van der Waals surface area contributed by atoms with Crippen LogP contribution in [0.4, 0.5) is 0 Å². The molecule has 0 aromatic rings. The monoisotopic (exact) mass is 242 g/mol. The van der Waals surface area contributed by atoms with Crippen LogP contribution in [-0.4, -0.2) is 42.9 Å². The molecule has 0 spiro atoms. The highest BCUT2D eigenvalue weighted by molar-refractivity contribution is 7.80. The minimum absolute atomic E-state index is 0.739. The van der Waals surface area contributed by atoms with Crippen molar-refractivity contribution in [3.05, 3.63) is 0 Å². The van der Waals surface area contributed by atoms with Crippen LogP contribution in [0, 0.1) is 5.92 Å². The maximum atomic E-state index is 5.46. The summed E-state index contributed by atoms with van der Waals surface area (Å²) < 4.78 is 5.02. The third kappa shape index (κ3) is 3.91. The van der Waals surface area contributed by atoms with Gasteiger partial charge in [-0.25, -0.2) is 0 Å². The Hall–Kier alpha value is -0.350. The molecule has 0 aromatic heterocycles. The van der Waals surface area contributed by atoms with Crippen LogP contribution in [0.5, 0.6) is 0 Å². The minimum Gasteiger partial charge on any atom is -0.385 e. The molecule has 0 bridgehead atoms. The van der Waals surface area contributed by atoms with E-state index in [9.17, 15) is 0 Å². The topological polar surface area (TPSA) is 24.5 Å². The van der Waals surface area contributed by atoms with Crippen molar-refractivity contribution in [1.82, 2.24) is 10.2 Å². The Kier molecular flexibility index (Phi) is 4.41. The van der Waals surface area contributed by atoms with Gasteiger partial charge in [-0.3, -0.25) is 0 Å². The molecular weight excluding hydrogens is 220 g/mol. The van der Waals surface area contributed by atoms with Crippen molar-refractivity contribution in [3.8, 4) is 0 Å². The van der Waals surface area contributed by atoms with E-state index in [1.165, 1.54) is 32.2 Å². The lowest BCUT2D eigenvalue weighted by Crippen LogP contribution is -2.42. The molecule has 2 saturated carbocycles. The van der Waals surface area contributed by atoms with E-state index in [1.807, 2.05) is 0 Å². The number of methoxy groups -OCH3 is 1. The van der Waals surface area contributed by atoms with Crippen molar-refractivity contribution < 1.29 is 4.74 Å². The van der Waals surface area contributed by atoms with E-state index in [4.69, 9.17) is 17.0 Å². The lowest BCUT2D eigenvalue weighted by atomic mass is 10.3. The fourth-order valence-corrected chi connectivity index (χ4v) is 2.20. The van der Waals surface area contributed by atoms with Crippen molar-refractivity contribution in [2.24, 2.45) is 5.92 Å². The number of thiocarbonyl (C=S) groups is 1. The van der Waals surface area contributed by atoms with Crippen LogP contribution in [0.2, 0.25) is 0 Å². The van der Waals surface area contributed by atoms with Gasteiger partial charge in [0, 0.05) is 32.8 Å². The average molecular weight is 242 g/mol. The molecule has 0 atom stereocenters. The summed E-state index contributed by atoms with van der Waals surface area (Å²) in [6.45, 7) is 2.92. The highest BCUT2D eigenvalue weighted by Gasteiger charge is 2.34. The summed E-state index contributed by atoms with van der Waals surface area (Å²) in [5.41, 5.74) is 0. The summed E-state index contributed by atoms with van der Waals surface area (Å²) >= 11 is 5.46. The van der Waals surface area contributed by atoms with E-state index >= 15 is 0 Å². The van der Waals surface area contributed by atoms with Gasteiger partial charge in [-0.15, -0.1) is 0 Å². The standard InChI is InChI=1S/C12H22N2OS/c1-15-8-2-7-13-12(16)14(11-5-6-11)9-10-3-4-10/h10-11H,2-9H2,1H3,(H,13,16). The maximum Gasteiger partial charge on any atom is 0.169 e. The third-order valence-corrected chi connectivity index (χ3v) is 3.58. The quantitative estimate of drug-likeness (QED) is 0.543. The molecule has 2 fully saturated rings. The van der Waals surface area contributed by atoms with Gasteiger partial charge < -0.3 is 15.0 Å². The zero-order valence-corrected chi connectivity index (χ0v) is 10.9. The molecule has 0 amide bonds. The van der Waals surface area contributed by atoms with Crippen LogP contribution in [0.15, 0.2) is 0 Å². The molecule has 4 heteroatoms. The van der Waals surface area contributed by atoms with Crippen LogP contribution < -0.4 is 5.32 Å². The van der Waals surface area contributed by atoms with E-state index < -0.39 is 0 Å². The molecule has 2 aliphatic rings. The van der Waals surface area contributed by atoms with Gasteiger partial charge in [0.1, 0.15) is 0 Å². The van der Waals surface area contributed by atoms with E-state index in [1.54, 1.807) is 7.11 Å². The van der Waals surface area contributed by atoms with E-state index in [-0.39, 0.29) is 0 Å².